The number of sulfonamides is 1. The minimum atomic E-state index is -4.61. The molecule has 1 amide bonds. The van der Waals surface area contributed by atoms with E-state index >= 15 is 0 Å². The molecule has 1 saturated heterocycles. The largest absolute Gasteiger partial charge is 0.418 e. The lowest BCUT2D eigenvalue weighted by Crippen LogP contribution is -2.40. The summed E-state index contributed by atoms with van der Waals surface area (Å²) in [7, 11) is -0.355. The first-order valence-electron chi connectivity index (χ1n) is 10.3. The van der Waals surface area contributed by atoms with E-state index < -0.39 is 27.7 Å². The molecule has 7 nitrogen and oxygen atoms in total. The summed E-state index contributed by atoms with van der Waals surface area (Å²) in [4.78, 5) is 14.0. The zero-order valence-electron chi connectivity index (χ0n) is 18.4. The molecular weight excluding hydrogens is 459 g/mol. The number of morpholine rings is 1. The number of rotatable bonds is 7. The van der Waals surface area contributed by atoms with Gasteiger partial charge in [0, 0.05) is 39.3 Å². The Morgan fingerprint density at radius 1 is 1.09 bits per heavy atom. The first-order valence-corrected chi connectivity index (χ1v) is 11.8. The van der Waals surface area contributed by atoms with Gasteiger partial charge in [-0.3, -0.25) is 4.79 Å². The average molecular weight is 486 g/mol. The van der Waals surface area contributed by atoms with Crippen LogP contribution in [0.4, 0.5) is 24.5 Å². The minimum absolute atomic E-state index is 0.0533. The summed E-state index contributed by atoms with van der Waals surface area (Å²) in [6.45, 7) is 1.28. The maximum Gasteiger partial charge on any atom is 0.418 e. The molecule has 3 rings (SSSR count). The van der Waals surface area contributed by atoms with Crippen molar-refractivity contribution in [3.05, 3.63) is 53.6 Å². The van der Waals surface area contributed by atoms with Gasteiger partial charge in [0.25, 0.3) is 0 Å². The molecule has 0 bridgehead atoms. The topological polar surface area (TPSA) is 79.0 Å². The van der Waals surface area contributed by atoms with E-state index in [1.807, 2.05) is 0 Å². The summed E-state index contributed by atoms with van der Waals surface area (Å²) < 4.78 is 72.2. The number of benzene rings is 2. The van der Waals surface area contributed by atoms with Crippen molar-refractivity contribution in [1.29, 1.82) is 0 Å². The van der Waals surface area contributed by atoms with Crippen LogP contribution in [0, 0.1) is 0 Å². The summed E-state index contributed by atoms with van der Waals surface area (Å²) in [6.07, 6.45) is -4.42. The number of anilines is 2. The summed E-state index contributed by atoms with van der Waals surface area (Å²) in [5.74, 6) is -0.567. The molecule has 0 unspecified atom stereocenters. The number of ether oxygens (including phenoxy) is 1. The number of alkyl halides is 3. The molecule has 0 spiro atoms. The molecule has 0 saturated carbocycles. The monoisotopic (exact) mass is 485 g/mol. The molecule has 0 radical (unpaired) electrons. The molecule has 180 valence electrons. The SMILES string of the molecule is CN(C)c1ccc(NC(=O)CCc2ccc(S(=O)(=O)N3CCOCC3)cc2)c(C(F)(F)F)c1. The Kier molecular flexibility index (Phi) is 7.65. The van der Waals surface area contributed by atoms with E-state index in [2.05, 4.69) is 5.32 Å². The van der Waals surface area contributed by atoms with Crippen LogP contribution >= 0.6 is 0 Å². The molecule has 1 N–H and O–H groups in total. The lowest BCUT2D eigenvalue weighted by Gasteiger charge is -2.26. The van der Waals surface area contributed by atoms with Crippen LogP contribution in [0.3, 0.4) is 0 Å². The van der Waals surface area contributed by atoms with Crippen LogP contribution in [0.5, 0.6) is 0 Å². The highest BCUT2D eigenvalue weighted by atomic mass is 32.2. The third kappa shape index (κ3) is 6.24. The zero-order chi connectivity index (χ0) is 24.2. The molecule has 0 atom stereocenters. The molecule has 0 aromatic heterocycles. The fourth-order valence-corrected chi connectivity index (χ4v) is 4.80. The van der Waals surface area contributed by atoms with Crippen LogP contribution in [-0.4, -0.2) is 59.0 Å². The molecule has 11 heteroatoms. The van der Waals surface area contributed by atoms with Crippen molar-refractivity contribution in [2.45, 2.75) is 23.9 Å². The third-order valence-corrected chi connectivity index (χ3v) is 7.18. The van der Waals surface area contributed by atoms with Crippen molar-refractivity contribution in [2.75, 3.05) is 50.6 Å². The van der Waals surface area contributed by atoms with E-state index in [0.29, 0.717) is 37.6 Å². The number of nitrogens with zero attached hydrogens (tertiary/aromatic N) is 2. The lowest BCUT2D eigenvalue weighted by atomic mass is 10.1. The van der Waals surface area contributed by atoms with Gasteiger partial charge in [-0.15, -0.1) is 0 Å². The molecule has 0 aliphatic carbocycles. The van der Waals surface area contributed by atoms with Gasteiger partial charge in [-0.25, -0.2) is 8.42 Å². The predicted octanol–water partition coefficient (Wildman–Crippen LogP) is 3.36. The van der Waals surface area contributed by atoms with Gasteiger partial charge in [0.15, 0.2) is 0 Å². The first kappa shape index (κ1) is 25.0. The number of carbonyl (C=O) groups excluding carboxylic acids is 1. The average Bonchev–Trinajstić information content (AvgIpc) is 2.78. The number of carbonyl (C=O) groups is 1. The highest BCUT2D eigenvalue weighted by Crippen LogP contribution is 2.37. The van der Waals surface area contributed by atoms with E-state index in [1.54, 1.807) is 31.1 Å². The van der Waals surface area contributed by atoms with Gasteiger partial charge >= 0.3 is 6.18 Å². The predicted molar refractivity (Wildman–Crippen MR) is 119 cm³/mol. The van der Waals surface area contributed by atoms with Crippen LogP contribution in [-0.2, 0) is 32.2 Å². The smallest absolute Gasteiger partial charge is 0.379 e. The van der Waals surface area contributed by atoms with Crippen molar-refractivity contribution in [2.24, 2.45) is 0 Å². The Hall–Kier alpha value is -2.63. The Bertz CT molecular complexity index is 1080. The van der Waals surface area contributed by atoms with E-state index in [9.17, 15) is 26.4 Å². The Morgan fingerprint density at radius 3 is 2.30 bits per heavy atom. The van der Waals surface area contributed by atoms with Crippen LogP contribution in [0.2, 0.25) is 0 Å². The highest BCUT2D eigenvalue weighted by Gasteiger charge is 2.34. The molecule has 1 aliphatic heterocycles. The number of hydrogen-bond acceptors (Lipinski definition) is 5. The molecule has 1 fully saturated rings. The fraction of sp³-hybridized carbons (Fsp3) is 0.409. The number of halogens is 3. The standard InChI is InChI=1S/C22H26F3N3O4S/c1-27(2)17-6-9-20(19(15-17)22(23,24)25)26-21(29)10-5-16-3-7-18(8-4-16)33(30,31)28-11-13-32-14-12-28/h3-4,6-9,15H,5,10-14H2,1-2H3,(H,26,29). The van der Waals surface area contributed by atoms with E-state index in [-0.39, 0.29) is 23.4 Å². The first-order chi connectivity index (χ1) is 15.5. The van der Waals surface area contributed by atoms with Crippen LogP contribution in [0.25, 0.3) is 0 Å². The Balaban J connectivity index is 1.63. The molecule has 2 aromatic rings. The second-order valence-electron chi connectivity index (χ2n) is 7.83. The summed E-state index contributed by atoms with van der Waals surface area (Å²) in [5.41, 5.74) is -0.151. The second-order valence-corrected chi connectivity index (χ2v) is 9.77. The van der Waals surface area contributed by atoms with Gasteiger partial charge < -0.3 is 15.0 Å². The number of hydrogen-bond donors (Lipinski definition) is 1. The van der Waals surface area contributed by atoms with Gasteiger partial charge in [0.05, 0.1) is 29.4 Å². The van der Waals surface area contributed by atoms with E-state index in [4.69, 9.17) is 4.74 Å². The Labute approximate surface area is 191 Å². The maximum atomic E-state index is 13.4. The van der Waals surface area contributed by atoms with Crippen LogP contribution in [0.1, 0.15) is 17.5 Å². The van der Waals surface area contributed by atoms with Crippen molar-refractivity contribution in [1.82, 2.24) is 4.31 Å². The third-order valence-electron chi connectivity index (χ3n) is 5.27. The molecular formula is C22H26F3N3O4S. The van der Waals surface area contributed by atoms with Crippen LogP contribution < -0.4 is 10.2 Å². The normalized spacial score (nSPS) is 15.3. The maximum absolute atomic E-state index is 13.4. The Morgan fingerprint density at radius 2 is 1.73 bits per heavy atom. The van der Waals surface area contributed by atoms with Crippen molar-refractivity contribution >= 4 is 27.3 Å². The van der Waals surface area contributed by atoms with Gasteiger partial charge in [-0.1, -0.05) is 12.1 Å². The highest BCUT2D eigenvalue weighted by molar-refractivity contribution is 7.89. The van der Waals surface area contributed by atoms with Crippen molar-refractivity contribution in [3.8, 4) is 0 Å². The molecule has 2 aromatic carbocycles. The number of amides is 1. The van der Waals surface area contributed by atoms with Gasteiger partial charge in [0.2, 0.25) is 15.9 Å². The summed E-state index contributed by atoms with van der Waals surface area (Å²) >= 11 is 0. The van der Waals surface area contributed by atoms with Gasteiger partial charge in [-0.2, -0.15) is 17.5 Å². The van der Waals surface area contributed by atoms with Gasteiger partial charge in [0.1, 0.15) is 0 Å². The second kappa shape index (κ2) is 10.1. The molecule has 33 heavy (non-hydrogen) atoms. The fourth-order valence-electron chi connectivity index (χ4n) is 3.39. The van der Waals surface area contributed by atoms with Gasteiger partial charge in [-0.05, 0) is 42.3 Å². The van der Waals surface area contributed by atoms with Crippen molar-refractivity contribution < 1.29 is 31.1 Å². The lowest BCUT2D eigenvalue weighted by molar-refractivity contribution is -0.136. The summed E-state index contributed by atoms with van der Waals surface area (Å²) in [6, 6.07) is 9.88. The van der Waals surface area contributed by atoms with Crippen LogP contribution in [0.15, 0.2) is 47.4 Å². The summed E-state index contributed by atoms with van der Waals surface area (Å²) in [5, 5.41) is 2.34. The minimum Gasteiger partial charge on any atom is -0.379 e. The van der Waals surface area contributed by atoms with E-state index in [0.717, 1.165) is 6.07 Å². The van der Waals surface area contributed by atoms with Crippen molar-refractivity contribution in [3.63, 3.8) is 0 Å². The van der Waals surface area contributed by atoms with E-state index in [1.165, 1.54) is 28.6 Å². The number of nitrogens with one attached hydrogen (secondary N) is 1. The molecule has 1 aliphatic rings. The molecule has 1 heterocycles. The zero-order valence-corrected chi connectivity index (χ0v) is 19.2. The number of aryl methyl sites for hydroxylation is 1. The quantitative estimate of drug-likeness (QED) is 0.651.